The van der Waals surface area contributed by atoms with Crippen LogP contribution in [0.3, 0.4) is 0 Å². The van der Waals surface area contributed by atoms with Crippen LogP contribution < -0.4 is 5.43 Å². The SMILES string of the molecule is Cc1[nH]c(C2CCC(C)O2)cc(=O)c1S. The maximum atomic E-state index is 11.5. The minimum atomic E-state index is -0.0345. The Morgan fingerprint density at radius 1 is 1.53 bits per heavy atom. The average molecular weight is 225 g/mol. The highest BCUT2D eigenvalue weighted by atomic mass is 32.1. The van der Waals surface area contributed by atoms with Crippen molar-refractivity contribution < 1.29 is 4.74 Å². The average Bonchev–Trinajstić information content (AvgIpc) is 2.60. The fourth-order valence-electron chi connectivity index (χ4n) is 1.91. The summed E-state index contributed by atoms with van der Waals surface area (Å²) in [7, 11) is 0. The summed E-state index contributed by atoms with van der Waals surface area (Å²) < 4.78 is 5.70. The van der Waals surface area contributed by atoms with Crippen molar-refractivity contribution in [3.63, 3.8) is 0 Å². The molecule has 0 bridgehead atoms. The largest absolute Gasteiger partial charge is 0.369 e. The molecule has 3 nitrogen and oxygen atoms in total. The molecule has 2 atom stereocenters. The van der Waals surface area contributed by atoms with Crippen LogP contribution in [0.1, 0.15) is 37.3 Å². The smallest absolute Gasteiger partial charge is 0.195 e. The number of pyridine rings is 1. The number of aromatic nitrogens is 1. The van der Waals surface area contributed by atoms with Crippen LogP contribution >= 0.6 is 12.6 Å². The Morgan fingerprint density at radius 3 is 2.80 bits per heavy atom. The van der Waals surface area contributed by atoms with Crippen molar-refractivity contribution in [2.24, 2.45) is 0 Å². The predicted molar refractivity (Wildman–Crippen MR) is 61.6 cm³/mol. The number of H-pyrrole nitrogens is 1. The molecule has 1 aliphatic rings. The van der Waals surface area contributed by atoms with E-state index >= 15 is 0 Å². The van der Waals surface area contributed by atoms with Gasteiger partial charge in [0.25, 0.3) is 0 Å². The lowest BCUT2D eigenvalue weighted by Crippen LogP contribution is -2.11. The third-order valence-corrected chi connectivity index (χ3v) is 3.34. The van der Waals surface area contributed by atoms with Crippen LogP contribution in [0.2, 0.25) is 0 Å². The lowest BCUT2D eigenvalue weighted by Gasteiger charge is -2.12. The fraction of sp³-hybridized carbons (Fsp3) is 0.545. The molecule has 1 aromatic rings. The van der Waals surface area contributed by atoms with E-state index in [2.05, 4.69) is 24.5 Å². The van der Waals surface area contributed by atoms with Gasteiger partial charge in [0.2, 0.25) is 0 Å². The predicted octanol–water partition coefficient (Wildman–Crippen LogP) is 2.21. The summed E-state index contributed by atoms with van der Waals surface area (Å²) in [5.41, 5.74) is 1.65. The van der Waals surface area contributed by atoms with Crippen molar-refractivity contribution in [1.29, 1.82) is 0 Å². The monoisotopic (exact) mass is 225 g/mol. The van der Waals surface area contributed by atoms with Gasteiger partial charge in [-0.3, -0.25) is 4.79 Å². The molecular weight excluding hydrogens is 210 g/mol. The second kappa shape index (κ2) is 4.02. The highest BCUT2D eigenvalue weighted by molar-refractivity contribution is 7.80. The van der Waals surface area contributed by atoms with Crippen LogP contribution in [0.25, 0.3) is 0 Å². The first kappa shape index (κ1) is 10.8. The number of hydrogen-bond donors (Lipinski definition) is 2. The zero-order valence-electron chi connectivity index (χ0n) is 8.91. The lowest BCUT2D eigenvalue weighted by atomic mass is 10.1. The van der Waals surface area contributed by atoms with Crippen molar-refractivity contribution in [3.8, 4) is 0 Å². The molecule has 1 fully saturated rings. The zero-order chi connectivity index (χ0) is 11.0. The summed E-state index contributed by atoms with van der Waals surface area (Å²) in [4.78, 5) is 15.2. The van der Waals surface area contributed by atoms with Crippen LogP contribution in [-0.2, 0) is 4.74 Å². The van der Waals surface area contributed by atoms with Gasteiger partial charge >= 0.3 is 0 Å². The minimum Gasteiger partial charge on any atom is -0.369 e. The summed E-state index contributed by atoms with van der Waals surface area (Å²) in [6, 6.07) is 1.60. The number of aromatic amines is 1. The lowest BCUT2D eigenvalue weighted by molar-refractivity contribution is 0.0528. The summed E-state index contributed by atoms with van der Waals surface area (Å²) in [5, 5.41) is 0. The molecule has 1 aliphatic heterocycles. The highest BCUT2D eigenvalue weighted by Gasteiger charge is 2.24. The van der Waals surface area contributed by atoms with E-state index in [1.54, 1.807) is 6.07 Å². The van der Waals surface area contributed by atoms with Crippen LogP contribution in [0, 0.1) is 6.92 Å². The second-order valence-corrected chi connectivity index (χ2v) is 4.52. The van der Waals surface area contributed by atoms with Crippen LogP contribution in [0.4, 0.5) is 0 Å². The number of rotatable bonds is 1. The molecule has 0 aromatic carbocycles. The first-order chi connectivity index (χ1) is 7.08. The summed E-state index contributed by atoms with van der Waals surface area (Å²) >= 11 is 4.13. The molecular formula is C11H15NO2S. The summed E-state index contributed by atoms with van der Waals surface area (Å²) in [6.45, 7) is 3.91. The molecule has 2 unspecified atom stereocenters. The van der Waals surface area contributed by atoms with E-state index in [0.29, 0.717) is 4.90 Å². The van der Waals surface area contributed by atoms with Gasteiger partial charge in [-0.25, -0.2) is 0 Å². The highest BCUT2D eigenvalue weighted by Crippen LogP contribution is 2.31. The molecule has 1 saturated heterocycles. The molecule has 0 aliphatic carbocycles. The molecule has 0 radical (unpaired) electrons. The van der Waals surface area contributed by atoms with E-state index in [1.807, 2.05) is 6.92 Å². The normalized spacial score (nSPS) is 25.8. The molecule has 1 N–H and O–H groups in total. The first-order valence-corrected chi connectivity index (χ1v) is 5.61. The van der Waals surface area contributed by atoms with E-state index in [4.69, 9.17) is 4.74 Å². The summed E-state index contributed by atoms with van der Waals surface area (Å²) in [5.74, 6) is 0. The van der Waals surface area contributed by atoms with Gasteiger partial charge in [0.15, 0.2) is 5.43 Å². The molecule has 2 rings (SSSR count). The number of aryl methyl sites for hydroxylation is 1. The second-order valence-electron chi connectivity index (χ2n) is 4.08. The maximum Gasteiger partial charge on any atom is 0.195 e. The molecule has 15 heavy (non-hydrogen) atoms. The van der Waals surface area contributed by atoms with E-state index in [1.165, 1.54) is 0 Å². The van der Waals surface area contributed by atoms with Gasteiger partial charge in [0, 0.05) is 17.5 Å². The molecule has 4 heteroatoms. The van der Waals surface area contributed by atoms with Gasteiger partial charge in [-0.1, -0.05) is 0 Å². The molecule has 0 spiro atoms. The third-order valence-electron chi connectivity index (χ3n) is 2.79. The van der Waals surface area contributed by atoms with Gasteiger partial charge in [0.05, 0.1) is 17.1 Å². The van der Waals surface area contributed by atoms with E-state index in [-0.39, 0.29) is 17.6 Å². The molecule has 1 aromatic heterocycles. The van der Waals surface area contributed by atoms with Crippen molar-refractivity contribution >= 4 is 12.6 Å². The van der Waals surface area contributed by atoms with E-state index in [0.717, 1.165) is 24.2 Å². The topological polar surface area (TPSA) is 42.1 Å². The number of nitrogens with one attached hydrogen (secondary N) is 1. The van der Waals surface area contributed by atoms with Crippen LogP contribution in [0.5, 0.6) is 0 Å². The van der Waals surface area contributed by atoms with Crippen LogP contribution in [0.15, 0.2) is 15.8 Å². The number of ether oxygens (including phenoxy) is 1. The van der Waals surface area contributed by atoms with Gasteiger partial charge in [0.1, 0.15) is 0 Å². The molecule has 0 saturated carbocycles. The van der Waals surface area contributed by atoms with Gasteiger partial charge < -0.3 is 9.72 Å². The Labute approximate surface area is 94.3 Å². The van der Waals surface area contributed by atoms with Crippen molar-refractivity contribution in [1.82, 2.24) is 4.98 Å². The molecule has 82 valence electrons. The maximum absolute atomic E-state index is 11.5. The standard InChI is InChI=1S/C11H15NO2S/c1-6-3-4-10(14-6)8-5-9(13)11(15)7(2)12-8/h5-6,10,15H,3-4H2,1-2H3,(H,12,13). The van der Waals surface area contributed by atoms with Gasteiger partial charge in [-0.05, 0) is 26.7 Å². The Kier molecular flexibility index (Phi) is 2.89. The van der Waals surface area contributed by atoms with Gasteiger partial charge in [-0.2, -0.15) is 0 Å². The molecule has 0 amide bonds. The van der Waals surface area contributed by atoms with Crippen molar-refractivity contribution in [3.05, 3.63) is 27.7 Å². The molecule has 2 heterocycles. The Morgan fingerprint density at radius 2 is 2.27 bits per heavy atom. The minimum absolute atomic E-state index is 0.0345. The number of thiol groups is 1. The first-order valence-electron chi connectivity index (χ1n) is 5.16. The fourth-order valence-corrected chi connectivity index (χ4v) is 2.03. The third kappa shape index (κ3) is 2.11. The van der Waals surface area contributed by atoms with E-state index < -0.39 is 0 Å². The Balaban J connectivity index is 2.34. The van der Waals surface area contributed by atoms with Gasteiger partial charge in [-0.15, -0.1) is 12.6 Å². The van der Waals surface area contributed by atoms with E-state index in [9.17, 15) is 4.79 Å². The Hall–Kier alpha value is -0.740. The zero-order valence-corrected chi connectivity index (χ0v) is 9.80. The quantitative estimate of drug-likeness (QED) is 0.720. The van der Waals surface area contributed by atoms with Crippen molar-refractivity contribution in [2.45, 2.75) is 43.8 Å². The number of hydrogen-bond acceptors (Lipinski definition) is 3. The van der Waals surface area contributed by atoms with Crippen molar-refractivity contribution in [2.75, 3.05) is 0 Å². The van der Waals surface area contributed by atoms with Crippen LogP contribution in [-0.4, -0.2) is 11.1 Å². The summed E-state index contributed by atoms with van der Waals surface area (Å²) in [6.07, 6.45) is 2.35. The Bertz CT molecular complexity index is 427.